The van der Waals surface area contributed by atoms with Gasteiger partial charge < -0.3 is 11.1 Å². The van der Waals surface area contributed by atoms with E-state index in [9.17, 15) is 0 Å². The van der Waals surface area contributed by atoms with Gasteiger partial charge in [-0.25, -0.2) is 9.97 Å². The normalized spacial score (nSPS) is 9.78. The van der Waals surface area contributed by atoms with Crippen LogP contribution in [0.25, 0.3) is 0 Å². The predicted molar refractivity (Wildman–Crippen MR) is 68.4 cm³/mol. The Balaban J connectivity index is 2.04. The maximum absolute atomic E-state index is 8.62. The van der Waals surface area contributed by atoms with Gasteiger partial charge in [0.1, 0.15) is 11.9 Å². The number of rotatable bonds is 4. The van der Waals surface area contributed by atoms with Gasteiger partial charge in [0.25, 0.3) is 0 Å². The van der Waals surface area contributed by atoms with E-state index in [1.807, 2.05) is 30.3 Å². The molecule has 0 aliphatic rings. The van der Waals surface area contributed by atoms with E-state index in [0.717, 1.165) is 11.1 Å². The van der Waals surface area contributed by atoms with E-state index in [0.29, 0.717) is 24.6 Å². The lowest BCUT2D eigenvalue weighted by Crippen LogP contribution is -2.07. The molecule has 0 aliphatic carbocycles. The summed E-state index contributed by atoms with van der Waals surface area (Å²) in [5.74, 6) is 0.640. The van der Waals surface area contributed by atoms with Crippen molar-refractivity contribution < 1.29 is 0 Å². The largest absolute Gasteiger partial charge is 0.365 e. The number of anilines is 1. The predicted octanol–water partition coefficient (Wildman–Crippen LogP) is 1.42. The average molecular weight is 239 g/mol. The minimum Gasteiger partial charge on any atom is -0.365 e. The molecule has 0 bridgehead atoms. The van der Waals surface area contributed by atoms with Crippen LogP contribution in [0.4, 0.5) is 5.82 Å². The zero-order chi connectivity index (χ0) is 12.8. The zero-order valence-corrected chi connectivity index (χ0v) is 9.80. The fourth-order valence-electron chi connectivity index (χ4n) is 1.59. The Labute approximate surface area is 105 Å². The highest BCUT2D eigenvalue weighted by Crippen LogP contribution is 2.10. The van der Waals surface area contributed by atoms with Crippen molar-refractivity contribution in [1.29, 1.82) is 5.26 Å². The quantitative estimate of drug-likeness (QED) is 0.842. The third-order valence-corrected chi connectivity index (χ3v) is 2.56. The van der Waals surface area contributed by atoms with E-state index >= 15 is 0 Å². The molecule has 0 fully saturated rings. The van der Waals surface area contributed by atoms with Crippen molar-refractivity contribution in [2.75, 3.05) is 5.32 Å². The minimum atomic E-state index is 0.308. The Morgan fingerprint density at radius 2 is 1.94 bits per heavy atom. The molecule has 3 N–H and O–H groups in total. The molecule has 2 aromatic rings. The van der Waals surface area contributed by atoms with Crippen molar-refractivity contribution in [2.45, 2.75) is 13.1 Å². The summed E-state index contributed by atoms with van der Waals surface area (Å²) in [7, 11) is 0. The molecule has 0 saturated carbocycles. The van der Waals surface area contributed by atoms with Gasteiger partial charge in [-0.15, -0.1) is 0 Å². The van der Waals surface area contributed by atoms with Crippen LogP contribution in [0, 0.1) is 11.3 Å². The number of nitrogens with one attached hydrogen (secondary N) is 1. The first-order valence-corrected chi connectivity index (χ1v) is 5.56. The van der Waals surface area contributed by atoms with Crippen LogP contribution >= 0.6 is 0 Å². The molecule has 5 heteroatoms. The molecular weight excluding hydrogens is 226 g/mol. The van der Waals surface area contributed by atoms with Crippen LogP contribution in [-0.4, -0.2) is 9.97 Å². The second kappa shape index (κ2) is 5.75. The maximum Gasteiger partial charge on any atom is 0.158 e. The molecule has 1 aromatic heterocycles. The second-order valence-electron chi connectivity index (χ2n) is 3.73. The number of nitrogens with zero attached hydrogens (tertiary/aromatic N) is 3. The highest BCUT2D eigenvalue weighted by atomic mass is 15.0. The van der Waals surface area contributed by atoms with Crippen molar-refractivity contribution in [3.05, 3.63) is 53.5 Å². The number of hydrogen-bond acceptors (Lipinski definition) is 5. The Kier molecular flexibility index (Phi) is 3.84. The van der Waals surface area contributed by atoms with Gasteiger partial charge in [0.2, 0.25) is 0 Å². The van der Waals surface area contributed by atoms with Crippen LogP contribution in [-0.2, 0) is 13.1 Å². The Hall–Kier alpha value is -2.45. The molecule has 0 amide bonds. The third-order valence-electron chi connectivity index (χ3n) is 2.56. The van der Waals surface area contributed by atoms with Crippen molar-refractivity contribution in [1.82, 2.24) is 9.97 Å². The summed E-state index contributed by atoms with van der Waals surface area (Å²) in [6, 6.07) is 9.89. The summed E-state index contributed by atoms with van der Waals surface area (Å²) in [5.41, 5.74) is 8.21. The number of hydrogen-bond donors (Lipinski definition) is 2. The topological polar surface area (TPSA) is 87.6 Å². The van der Waals surface area contributed by atoms with Crippen molar-refractivity contribution in [3.8, 4) is 6.07 Å². The van der Waals surface area contributed by atoms with Gasteiger partial charge in [-0.3, -0.25) is 0 Å². The lowest BCUT2D eigenvalue weighted by Gasteiger charge is -2.09. The lowest BCUT2D eigenvalue weighted by atomic mass is 10.1. The number of nitrogens with two attached hydrogens (primary N) is 1. The fraction of sp³-hybridized carbons (Fsp3) is 0.154. The van der Waals surface area contributed by atoms with Gasteiger partial charge >= 0.3 is 0 Å². The van der Waals surface area contributed by atoms with Gasteiger partial charge in [-0.1, -0.05) is 24.3 Å². The van der Waals surface area contributed by atoms with Gasteiger partial charge in [-0.2, -0.15) is 5.26 Å². The van der Waals surface area contributed by atoms with Crippen molar-refractivity contribution >= 4 is 5.82 Å². The van der Waals surface area contributed by atoms with Gasteiger partial charge in [0, 0.05) is 13.1 Å². The highest BCUT2D eigenvalue weighted by Gasteiger charge is 2.01. The van der Waals surface area contributed by atoms with Crippen LogP contribution in [0.3, 0.4) is 0 Å². The van der Waals surface area contributed by atoms with Crippen LogP contribution in [0.2, 0.25) is 0 Å². The Morgan fingerprint density at radius 1 is 1.17 bits per heavy atom. The van der Waals surface area contributed by atoms with Gasteiger partial charge in [0.15, 0.2) is 5.69 Å². The van der Waals surface area contributed by atoms with Crippen LogP contribution in [0.15, 0.2) is 36.7 Å². The van der Waals surface area contributed by atoms with Crippen LogP contribution in [0.5, 0.6) is 0 Å². The van der Waals surface area contributed by atoms with E-state index in [1.54, 1.807) is 6.20 Å². The monoisotopic (exact) mass is 239 g/mol. The first kappa shape index (κ1) is 12.0. The highest BCUT2D eigenvalue weighted by molar-refractivity contribution is 5.36. The first-order valence-electron chi connectivity index (χ1n) is 5.56. The summed E-state index contributed by atoms with van der Waals surface area (Å²) in [4.78, 5) is 8.03. The summed E-state index contributed by atoms with van der Waals surface area (Å²) < 4.78 is 0. The molecule has 1 aromatic carbocycles. The Bertz CT molecular complexity index is 556. The number of aromatic nitrogens is 2. The van der Waals surface area contributed by atoms with E-state index in [-0.39, 0.29) is 0 Å². The summed E-state index contributed by atoms with van der Waals surface area (Å²) >= 11 is 0. The van der Waals surface area contributed by atoms with Crippen molar-refractivity contribution in [2.24, 2.45) is 5.73 Å². The molecule has 2 rings (SSSR count). The summed E-state index contributed by atoms with van der Waals surface area (Å²) in [6.45, 7) is 1.14. The molecule has 0 unspecified atom stereocenters. The molecule has 0 aliphatic heterocycles. The maximum atomic E-state index is 8.62. The minimum absolute atomic E-state index is 0.308. The second-order valence-corrected chi connectivity index (χ2v) is 3.73. The molecule has 90 valence electrons. The van der Waals surface area contributed by atoms with E-state index < -0.39 is 0 Å². The molecule has 0 atom stereocenters. The molecule has 1 heterocycles. The SMILES string of the molecule is N#Cc1cnc(NCc2ccccc2CN)cn1. The zero-order valence-electron chi connectivity index (χ0n) is 9.80. The Morgan fingerprint density at radius 3 is 2.56 bits per heavy atom. The fourth-order valence-corrected chi connectivity index (χ4v) is 1.59. The molecule has 0 spiro atoms. The van der Waals surface area contributed by atoms with E-state index in [1.165, 1.54) is 6.20 Å². The third kappa shape index (κ3) is 2.81. The van der Waals surface area contributed by atoms with Crippen LogP contribution < -0.4 is 11.1 Å². The summed E-state index contributed by atoms with van der Waals surface area (Å²) in [6.07, 6.45) is 2.99. The van der Waals surface area contributed by atoms with Gasteiger partial charge in [-0.05, 0) is 11.1 Å². The molecular formula is C13H13N5. The molecule has 5 nitrogen and oxygen atoms in total. The standard InChI is InChI=1S/C13H13N5/c14-5-10-3-1-2-4-11(10)7-17-13-9-16-12(6-15)8-18-13/h1-4,8-9H,5,7,14H2,(H,17,18). The smallest absolute Gasteiger partial charge is 0.158 e. The van der Waals surface area contributed by atoms with E-state index in [4.69, 9.17) is 11.0 Å². The molecule has 0 radical (unpaired) electrons. The van der Waals surface area contributed by atoms with Crippen molar-refractivity contribution in [3.63, 3.8) is 0 Å². The van der Waals surface area contributed by atoms with E-state index in [2.05, 4.69) is 15.3 Å². The molecule has 0 saturated heterocycles. The number of benzene rings is 1. The van der Waals surface area contributed by atoms with Crippen LogP contribution in [0.1, 0.15) is 16.8 Å². The number of nitriles is 1. The first-order chi connectivity index (χ1) is 8.83. The average Bonchev–Trinajstić information content (AvgIpc) is 2.46. The lowest BCUT2D eigenvalue weighted by molar-refractivity contribution is 0.997. The summed E-state index contributed by atoms with van der Waals surface area (Å²) in [5, 5.41) is 11.8. The molecule has 18 heavy (non-hydrogen) atoms. The van der Waals surface area contributed by atoms with Gasteiger partial charge in [0.05, 0.1) is 12.4 Å².